The monoisotopic (exact) mass is 174 g/mol. The minimum atomic E-state index is -0.867. The first-order valence-corrected chi connectivity index (χ1v) is 3.45. The average Bonchev–Trinajstić information content (AvgIpc) is 2.13. The van der Waals surface area contributed by atoms with Gasteiger partial charge in [-0.1, -0.05) is 0 Å². The summed E-state index contributed by atoms with van der Waals surface area (Å²) in [5.41, 5.74) is 0. The van der Waals surface area contributed by atoms with Crippen LogP contribution < -0.4 is 0 Å². The minimum Gasteiger partial charge on any atom is -0.466 e. The summed E-state index contributed by atoms with van der Waals surface area (Å²) in [6.07, 6.45) is 2.74. The van der Waals surface area contributed by atoms with Gasteiger partial charge in [-0.2, -0.15) is 0 Å². The molecular weight excluding hydrogens is 160 g/mol. The van der Waals surface area contributed by atoms with Gasteiger partial charge in [-0.25, -0.2) is 4.79 Å². The molecule has 0 N–H and O–H groups in total. The van der Waals surface area contributed by atoms with Crippen LogP contribution in [0.4, 0.5) is 0 Å². The number of hydrogen-bond acceptors (Lipinski definition) is 4. The van der Waals surface area contributed by atoms with Crippen LogP contribution in [0.25, 0.3) is 0 Å². The molecule has 4 nitrogen and oxygen atoms in total. The molecule has 0 spiro atoms. The fraction of sp³-hybridized carbons (Fsp3) is 0.625. The van der Waals surface area contributed by atoms with Gasteiger partial charge in [0, 0.05) is 20.3 Å². The third-order valence-corrected chi connectivity index (χ3v) is 1.53. The normalized spacial score (nSPS) is 12.0. The number of esters is 1. The molecule has 0 heterocycles. The van der Waals surface area contributed by atoms with E-state index >= 15 is 0 Å². The van der Waals surface area contributed by atoms with Crippen molar-refractivity contribution in [3.63, 3.8) is 0 Å². The molecule has 0 unspecified atom stereocenters. The van der Waals surface area contributed by atoms with Gasteiger partial charge in [-0.15, -0.1) is 0 Å². The fourth-order valence-corrected chi connectivity index (χ4v) is 0.507. The summed E-state index contributed by atoms with van der Waals surface area (Å²) in [5.74, 6) is -1.30. The molecule has 0 saturated heterocycles. The van der Waals surface area contributed by atoms with E-state index in [1.807, 2.05) is 0 Å². The van der Waals surface area contributed by atoms with Gasteiger partial charge in [-0.3, -0.25) is 0 Å². The number of methoxy groups -OCH3 is 3. The highest BCUT2D eigenvalue weighted by molar-refractivity contribution is 5.81. The molecule has 0 aromatic carbocycles. The van der Waals surface area contributed by atoms with Gasteiger partial charge in [0.1, 0.15) is 0 Å². The first-order chi connectivity index (χ1) is 5.58. The maximum Gasteiger partial charge on any atom is 0.330 e. The van der Waals surface area contributed by atoms with Crippen molar-refractivity contribution in [3.05, 3.63) is 12.2 Å². The predicted octanol–water partition coefficient (Wildman–Crippen LogP) is 0.725. The Morgan fingerprint density at radius 1 is 1.25 bits per heavy atom. The Kier molecular flexibility index (Phi) is 4.54. The highest BCUT2D eigenvalue weighted by Crippen LogP contribution is 2.10. The number of hydrogen-bond donors (Lipinski definition) is 0. The molecule has 0 radical (unpaired) electrons. The first kappa shape index (κ1) is 11.1. The van der Waals surface area contributed by atoms with E-state index in [1.165, 1.54) is 33.5 Å². The molecule has 0 aliphatic heterocycles. The van der Waals surface area contributed by atoms with Crippen LogP contribution in [0.2, 0.25) is 0 Å². The van der Waals surface area contributed by atoms with E-state index in [1.54, 1.807) is 6.92 Å². The van der Waals surface area contributed by atoms with Crippen LogP contribution in [0.3, 0.4) is 0 Å². The number of carbonyl (C=O) groups is 1. The van der Waals surface area contributed by atoms with Crippen LogP contribution in [0.5, 0.6) is 0 Å². The van der Waals surface area contributed by atoms with Gasteiger partial charge < -0.3 is 14.2 Å². The predicted molar refractivity (Wildman–Crippen MR) is 43.6 cm³/mol. The first-order valence-electron chi connectivity index (χ1n) is 3.45. The summed E-state index contributed by atoms with van der Waals surface area (Å²) in [4.78, 5) is 10.7. The van der Waals surface area contributed by atoms with E-state index in [-0.39, 0.29) is 0 Å². The third kappa shape index (κ3) is 3.50. The van der Waals surface area contributed by atoms with E-state index in [0.717, 1.165) is 0 Å². The van der Waals surface area contributed by atoms with Crippen molar-refractivity contribution in [2.24, 2.45) is 0 Å². The van der Waals surface area contributed by atoms with E-state index in [0.29, 0.717) is 0 Å². The van der Waals surface area contributed by atoms with Crippen molar-refractivity contribution >= 4 is 5.97 Å². The zero-order valence-corrected chi connectivity index (χ0v) is 7.79. The molecule has 0 bridgehead atoms. The highest BCUT2D eigenvalue weighted by Gasteiger charge is 2.18. The van der Waals surface area contributed by atoms with E-state index in [9.17, 15) is 4.79 Å². The summed E-state index contributed by atoms with van der Waals surface area (Å²) in [7, 11) is 4.29. The standard InChI is InChI=1S/C8H14O4/c1-8(11-3,12-4)6-5-7(9)10-2/h5-6H,1-4H3. The lowest BCUT2D eigenvalue weighted by atomic mass is 10.3. The third-order valence-electron chi connectivity index (χ3n) is 1.53. The zero-order chi connectivity index (χ0) is 9.61. The molecule has 0 aromatic rings. The molecule has 0 aliphatic rings. The molecular formula is C8H14O4. The van der Waals surface area contributed by atoms with Crippen LogP contribution in [-0.4, -0.2) is 33.1 Å². The second kappa shape index (κ2) is 4.90. The van der Waals surface area contributed by atoms with Crippen LogP contribution in [0.15, 0.2) is 12.2 Å². The van der Waals surface area contributed by atoms with Gasteiger partial charge >= 0.3 is 5.97 Å². The van der Waals surface area contributed by atoms with Crippen molar-refractivity contribution in [1.29, 1.82) is 0 Å². The summed E-state index contributed by atoms with van der Waals surface area (Å²) in [6, 6.07) is 0. The Balaban J connectivity index is 4.19. The van der Waals surface area contributed by atoms with Crippen LogP contribution >= 0.6 is 0 Å². The van der Waals surface area contributed by atoms with Crippen molar-refractivity contribution in [2.45, 2.75) is 12.7 Å². The zero-order valence-electron chi connectivity index (χ0n) is 7.79. The van der Waals surface area contributed by atoms with Crippen LogP contribution in [0.1, 0.15) is 6.92 Å². The largest absolute Gasteiger partial charge is 0.466 e. The molecule has 0 aromatic heterocycles. The molecule has 4 heteroatoms. The van der Waals surface area contributed by atoms with Gasteiger partial charge in [0.05, 0.1) is 7.11 Å². The Morgan fingerprint density at radius 3 is 2.08 bits per heavy atom. The van der Waals surface area contributed by atoms with Crippen molar-refractivity contribution in [1.82, 2.24) is 0 Å². The van der Waals surface area contributed by atoms with Crippen molar-refractivity contribution < 1.29 is 19.0 Å². The minimum absolute atomic E-state index is 0.435. The maximum absolute atomic E-state index is 10.7. The molecule has 70 valence electrons. The fourth-order valence-electron chi connectivity index (χ4n) is 0.507. The SMILES string of the molecule is COC(=O)C=CC(C)(OC)OC. The van der Waals surface area contributed by atoms with E-state index < -0.39 is 11.8 Å². The summed E-state index contributed by atoms with van der Waals surface area (Å²) in [6.45, 7) is 1.69. The van der Waals surface area contributed by atoms with E-state index in [2.05, 4.69) is 4.74 Å². The van der Waals surface area contributed by atoms with E-state index in [4.69, 9.17) is 9.47 Å². The number of ether oxygens (including phenoxy) is 3. The molecule has 12 heavy (non-hydrogen) atoms. The summed E-state index contributed by atoms with van der Waals surface area (Å²) in [5, 5.41) is 0. The molecule has 0 atom stereocenters. The highest BCUT2D eigenvalue weighted by atomic mass is 16.7. The quantitative estimate of drug-likeness (QED) is 0.358. The summed E-state index contributed by atoms with van der Waals surface area (Å²) >= 11 is 0. The van der Waals surface area contributed by atoms with Crippen LogP contribution in [-0.2, 0) is 19.0 Å². The van der Waals surface area contributed by atoms with Gasteiger partial charge in [0.2, 0.25) is 0 Å². The molecule has 0 rings (SSSR count). The molecule has 0 saturated carbocycles. The summed E-state index contributed by atoms with van der Waals surface area (Å²) < 4.78 is 14.3. The molecule has 0 fully saturated rings. The maximum atomic E-state index is 10.7. The Bertz CT molecular complexity index is 170. The van der Waals surface area contributed by atoms with Crippen molar-refractivity contribution in [3.8, 4) is 0 Å². The topological polar surface area (TPSA) is 44.8 Å². The Labute approximate surface area is 72.1 Å². The Morgan fingerprint density at radius 2 is 1.75 bits per heavy atom. The lowest BCUT2D eigenvalue weighted by molar-refractivity contribution is -0.157. The Hall–Kier alpha value is -0.870. The van der Waals surface area contributed by atoms with Crippen molar-refractivity contribution in [2.75, 3.05) is 21.3 Å². The lowest BCUT2D eigenvalue weighted by Crippen LogP contribution is -2.26. The van der Waals surface area contributed by atoms with Gasteiger partial charge in [0.25, 0.3) is 0 Å². The van der Waals surface area contributed by atoms with Crippen LogP contribution in [0, 0.1) is 0 Å². The molecule has 0 aliphatic carbocycles. The second-order valence-electron chi connectivity index (χ2n) is 2.28. The van der Waals surface area contributed by atoms with Gasteiger partial charge in [0.15, 0.2) is 5.79 Å². The second-order valence-corrected chi connectivity index (χ2v) is 2.28. The number of carbonyl (C=O) groups excluding carboxylic acids is 1. The van der Waals surface area contributed by atoms with Gasteiger partial charge in [-0.05, 0) is 13.0 Å². The average molecular weight is 174 g/mol. The number of rotatable bonds is 4. The lowest BCUT2D eigenvalue weighted by Gasteiger charge is -2.21. The smallest absolute Gasteiger partial charge is 0.330 e. The molecule has 0 amide bonds.